The number of fused-ring (bicyclic) bond motifs is 1. The van der Waals surface area contributed by atoms with E-state index in [4.69, 9.17) is 5.73 Å². The lowest BCUT2D eigenvalue weighted by atomic mass is 10.2. The van der Waals surface area contributed by atoms with Crippen molar-refractivity contribution in [2.45, 2.75) is 11.3 Å². The van der Waals surface area contributed by atoms with Crippen LogP contribution in [-0.4, -0.2) is 11.0 Å². The van der Waals surface area contributed by atoms with Gasteiger partial charge in [0.25, 0.3) is 0 Å². The largest absolute Gasteiger partial charge is 0.351 e. The van der Waals surface area contributed by atoms with E-state index in [-0.39, 0.29) is 0 Å². The van der Waals surface area contributed by atoms with Gasteiger partial charge in [-0.05, 0) is 24.6 Å². The summed E-state index contributed by atoms with van der Waals surface area (Å²) in [6.45, 7) is 2.04. The van der Waals surface area contributed by atoms with Crippen LogP contribution in [0, 0.1) is 6.92 Å². The minimum absolute atomic E-state index is 0.560. The van der Waals surface area contributed by atoms with Gasteiger partial charge in [0, 0.05) is 11.9 Å². The molecule has 0 fully saturated rings. The Morgan fingerprint density at radius 3 is 3.13 bits per heavy atom. The molecular formula is C9H9N3OS2. The Hall–Kier alpha value is -1.27. The van der Waals surface area contributed by atoms with E-state index >= 15 is 0 Å². The molecule has 3 N–H and O–H groups in total. The molecule has 0 aliphatic heterocycles. The third kappa shape index (κ3) is 2.40. The van der Waals surface area contributed by atoms with Gasteiger partial charge in [0.1, 0.15) is 0 Å². The first-order chi connectivity index (χ1) is 7.15. The Bertz CT molecular complexity index is 509. The molecule has 0 spiro atoms. The van der Waals surface area contributed by atoms with Gasteiger partial charge in [-0.15, -0.1) is 11.3 Å². The molecule has 0 unspecified atom stereocenters. The average Bonchev–Trinajstić information content (AvgIpc) is 2.56. The molecule has 15 heavy (non-hydrogen) atoms. The fourth-order valence-electron chi connectivity index (χ4n) is 1.15. The van der Waals surface area contributed by atoms with E-state index in [1.54, 1.807) is 0 Å². The molecule has 6 heteroatoms. The molecule has 1 heterocycles. The highest BCUT2D eigenvalue weighted by atomic mass is 32.2. The van der Waals surface area contributed by atoms with Crippen molar-refractivity contribution in [2.24, 2.45) is 5.73 Å². The van der Waals surface area contributed by atoms with Crippen LogP contribution in [0.2, 0.25) is 0 Å². The second kappa shape index (κ2) is 4.08. The second-order valence-electron chi connectivity index (χ2n) is 3.02. The number of nitrogens with two attached hydrogens (primary N) is 1. The first-order valence-corrected chi connectivity index (χ1v) is 5.88. The molecule has 0 atom stereocenters. The first kappa shape index (κ1) is 10.3. The smallest absolute Gasteiger partial charge is 0.322 e. The quantitative estimate of drug-likeness (QED) is 0.790. The summed E-state index contributed by atoms with van der Waals surface area (Å²) >= 11 is 2.68. The number of amides is 2. The van der Waals surface area contributed by atoms with Crippen molar-refractivity contribution in [1.82, 2.24) is 9.71 Å². The van der Waals surface area contributed by atoms with Gasteiger partial charge in [-0.1, -0.05) is 6.07 Å². The number of hydrogen-bond donors (Lipinski definition) is 2. The topological polar surface area (TPSA) is 68.0 Å². The zero-order valence-electron chi connectivity index (χ0n) is 7.98. The van der Waals surface area contributed by atoms with E-state index in [0.717, 1.165) is 26.5 Å². The van der Waals surface area contributed by atoms with Crippen LogP contribution in [-0.2, 0) is 0 Å². The van der Waals surface area contributed by atoms with Gasteiger partial charge < -0.3 is 5.73 Å². The molecule has 78 valence electrons. The molecule has 0 aliphatic carbocycles. The third-order valence-corrected chi connectivity index (χ3v) is 3.65. The number of primary amides is 1. The summed E-state index contributed by atoms with van der Waals surface area (Å²) in [6.07, 6.45) is 0. The molecule has 2 rings (SSSR count). The highest BCUT2D eigenvalue weighted by molar-refractivity contribution is 7.99. The van der Waals surface area contributed by atoms with Crippen molar-refractivity contribution in [1.29, 1.82) is 0 Å². The molecule has 1 aromatic carbocycles. The van der Waals surface area contributed by atoms with E-state index < -0.39 is 6.03 Å². The predicted molar refractivity (Wildman–Crippen MR) is 62.9 cm³/mol. The Balaban J connectivity index is 2.27. The summed E-state index contributed by atoms with van der Waals surface area (Å²) in [5.74, 6) is 0. The van der Waals surface area contributed by atoms with Crippen LogP contribution in [0.4, 0.5) is 4.79 Å². The van der Waals surface area contributed by atoms with Crippen molar-refractivity contribution in [3.05, 3.63) is 23.8 Å². The fraction of sp³-hybridized carbons (Fsp3) is 0.111. The van der Waals surface area contributed by atoms with Crippen molar-refractivity contribution in [3.8, 4) is 0 Å². The Morgan fingerprint density at radius 1 is 1.60 bits per heavy atom. The van der Waals surface area contributed by atoms with Gasteiger partial charge in [-0.3, -0.25) is 4.72 Å². The molecule has 0 saturated carbocycles. The maximum absolute atomic E-state index is 10.5. The average molecular weight is 239 g/mol. The number of rotatable bonds is 2. The number of aryl methyl sites for hydroxylation is 1. The maximum Gasteiger partial charge on any atom is 0.322 e. The summed E-state index contributed by atoms with van der Waals surface area (Å²) < 4.78 is 4.34. The lowest BCUT2D eigenvalue weighted by Gasteiger charge is -1.93. The number of aromatic nitrogens is 1. The van der Waals surface area contributed by atoms with Gasteiger partial charge >= 0.3 is 6.03 Å². The molecule has 1 aromatic heterocycles. The van der Waals surface area contributed by atoms with Gasteiger partial charge in [-0.25, -0.2) is 9.78 Å². The molecule has 0 saturated heterocycles. The Morgan fingerprint density at radius 2 is 2.40 bits per heavy atom. The van der Waals surface area contributed by atoms with Gasteiger partial charge in [-0.2, -0.15) is 0 Å². The van der Waals surface area contributed by atoms with Gasteiger partial charge in [0.15, 0.2) is 4.34 Å². The maximum atomic E-state index is 10.5. The van der Waals surface area contributed by atoms with E-state index in [1.807, 2.05) is 19.1 Å². The van der Waals surface area contributed by atoms with Crippen LogP contribution < -0.4 is 10.5 Å². The normalized spacial score (nSPS) is 10.5. The van der Waals surface area contributed by atoms with Gasteiger partial charge in [0.05, 0.1) is 10.2 Å². The molecule has 4 nitrogen and oxygen atoms in total. The minimum Gasteiger partial charge on any atom is -0.351 e. The monoisotopic (exact) mass is 239 g/mol. The van der Waals surface area contributed by atoms with Crippen LogP contribution >= 0.6 is 23.3 Å². The number of hydrogen-bond acceptors (Lipinski definition) is 4. The number of carbonyl (C=O) groups excluding carboxylic acids is 1. The molecule has 0 bridgehead atoms. The molecule has 2 amide bonds. The Kier molecular flexibility index (Phi) is 2.79. The summed E-state index contributed by atoms with van der Waals surface area (Å²) in [5, 5.41) is 0. The fourth-order valence-corrected chi connectivity index (χ4v) is 2.84. The minimum atomic E-state index is -0.560. The number of nitrogens with one attached hydrogen (secondary N) is 1. The van der Waals surface area contributed by atoms with Crippen molar-refractivity contribution in [2.75, 3.05) is 0 Å². The zero-order chi connectivity index (χ0) is 10.8. The summed E-state index contributed by atoms with van der Waals surface area (Å²) in [6, 6.07) is 5.49. The van der Waals surface area contributed by atoms with Crippen LogP contribution in [0.3, 0.4) is 0 Å². The number of nitrogens with zero attached hydrogens (tertiary/aromatic N) is 1. The van der Waals surface area contributed by atoms with Crippen LogP contribution in [0.5, 0.6) is 0 Å². The highest BCUT2D eigenvalue weighted by Crippen LogP contribution is 2.28. The van der Waals surface area contributed by atoms with E-state index in [9.17, 15) is 4.79 Å². The van der Waals surface area contributed by atoms with Crippen LogP contribution in [0.1, 0.15) is 5.56 Å². The summed E-state index contributed by atoms with van der Waals surface area (Å²) in [7, 11) is 0. The predicted octanol–water partition coefficient (Wildman–Crippen LogP) is 2.28. The second-order valence-corrected chi connectivity index (χ2v) is 5.10. The van der Waals surface area contributed by atoms with Crippen molar-refractivity contribution < 1.29 is 4.79 Å². The lowest BCUT2D eigenvalue weighted by Crippen LogP contribution is -2.22. The summed E-state index contributed by atoms with van der Waals surface area (Å²) in [5.41, 5.74) is 7.11. The highest BCUT2D eigenvalue weighted by Gasteiger charge is 2.05. The zero-order valence-corrected chi connectivity index (χ0v) is 9.61. The third-order valence-electron chi connectivity index (χ3n) is 1.76. The van der Waals surface area contributed by atoms with Gasteiger partial charge in [0.2, 0.25) is 0 Å². The molecule has 0 radical (unpaired) electrons. The number of benzene rings is 1. The molecule has 0 aliphatic rings. The standard InChI is InChI=1S/C9H9N3OS2/c1-5-2-3-6-7(4-5)14-9(11-6)15-12-8(10)13/h2-4H,1H3,(H3,10,12,13). The number of thiazole rings is 1. The SMILES string of the molecule is Cc1ccc2nc(SNC(N)=O)sc2c1. The van der Waals surface area contributed by atoms with E-state index in [1.165, 1.54) is 16.9 Å². The van der Waals surface area contributed by atoms with E-state index in [0.29, 0.717) is 0 Å². The van der Waals surface area contributed by atoms with Crippen LogP contribution in [0.15, 0.2) is 22.5 Å². The molecular weight excluding hydrogens is 230 g/mol. The molecule has 2 aromatic rings. The number of carbonyl (C=O) groups is 1. The van der Waals surface area contributed by atoms with Crippen molar-refractivity contribution in [3.63, 3.8) is 0 Å². The lowest BCUT2D eigenvalue weighted by molar-refractivity contribution is 0.254. The number of urea groups is 1. The Labute approximate surface area is 95.0 Å². The van der Waals surface area contributed by atoms with Crippen molar-refractivity contribution >= 4 is 39.5 Å². The first-order valence-electron chi connectivity index (χ1n) is 4.24. The van der Waals surface area contributed by atoms with E-state index in [2.05, 4.69) is 15.8 Å². The summed E-state index contributed by atoms with van der Waals surface area (Å²) in [4.78, 5) is 14.8. The van der Waals surface area contributed by atoms with Crippen LogP contribution in [0.25, 0.3) is 10.2 Å².